The Morgan fingerprint density at radius 1 is 1.39 bits per heavy atom. The van der Waals surface area contributed by atoms with Gasteiger partial charge >= 0.3 is 0 Å². The van der Waals surface area contributed by atoms with Crippen molar-refractivity contribution < 1.29 is 4.79 Å². The highest BCUT2D eigenvalue weighted by atomic mass is 35.5. The van der Waals surface area contributed by atoms with Crippen molar-refractivity contribution in [3.05, 3.63) is 52.7 Å². The van der Waals surface area contributed by atoms with Gasteiger partial charge in [0.05, 0.1) is 5.69 Å². The SMILES string of the molecule is Cc1cc(Cl)ccc1C(=O)Nc1ncccc1N. The van der Waals surface area contributed by atoms with Crippen molar-refractivity contribution in [1.82, 2.24) is 4.98 Å². The molecule has 5 heteroatoms. The Bertz CT molecular complexity index is 599. The topological polar surface area (TPSA) is 68.0 Å². The van der Waals surface area contributed by atoms with Crippen molar-refractivity contribution in [2.45, 2.75) is 6.92 Å². The number of rotatable bonds is 2. The third-order valence-corrected chi connectivity index (χ3v) is 2.74. The highest BCUT2D eigenvalue weighted by Crippen LogP contribution is 2.18. The Morgan fingerprint density at radius 2 is 2.17 bits per heavy atom. The number of amides is 1. The predicted molar refractivity (Wildman–Crippen MR) is 72.8 cm³/mol. The van der Waals surface area contributed by atoms with Crippen LogP contribution in [0.2, 0.25) is 5.02 Å². The summed E-state index contributed by atoms with van der Waals surface area (Å²) >= 11 is 5.84. The number of carbonyl (C=O) groups excluding carboxylic acids is 1. The highest BCUT2D eigenvalue weighted by molar-refractivity contribution is 6.30. The van der Waals surface area contributed by atoms with Crippen molar-refractivity contribution in [3.8, 4) is 0 Å². The van der Waals surface area contributed by atoms with Gasteiger partial charge in [-0.1, -0.05) is 11.6 Å². The molecule has 0 spiro atoms. The lowest BCUT2D eigenvalue weighted by Crippen LogP contribution is -2.15. The minimum absolute atomic E-state index is 0.255. The molecule has 4 nitrogen and oxygen atoms in total. The number of nitrogens with zero attached hydrogens (tertiary/aromatic N) is 1. The van der Waals surface area contributed by atoms with Gasteiger partial charge in [0.15, 0.2) is 5.82 Å². The minimum atomic E-state index is -0.255. The summed E-state index contributed by atoms with van der Waals surface area (Å²) < 4.78 is 0. The van der Waals surface area contributed by atoms with E-state index < -0.39 is 0 Å². The summed E-state index contributed by atoms with van der Waals surface area (Å²) in [5, 5.41) is 3.27. The predicted octanol–water partition coefficient (Wildman–Crippen LogP) is 2.88. The number of carbonyl (C=O) groups is 1. The van der Waals surface area contributed by atoms with Crippen LogP contribution in [0.5, 0.6) is 0 Å². The Kier molecular flexibility index (Phi) is 3.48. The molecular formula is C13H12ClN3O. The third kappa shape index (κ3) is 2.60. The quantitative estimate of drug-likeness (QED) is 0.873. The number of nitrogens with one attached hydrogen (secondary N) is 1. The van der Waals surface area contributed by atoms with E-state index in [1.165, 1.54) is 0 Å². The van der Waals surface area contributed by atoms with E-state index in [-0.39, 0.29) is 5.91 Å². The molecule has 0 aliphatic carbocycles. The van der Waals surface area contributed by atoms with E-state index in [9.17, 15) is 4.79 Å². The number of hydrogen-bond donors (Lipinski definition) is 2. The van der Waals surface area contributed by atoms with Gasteiger partial charge in [-0.25, -0.2) is 4.98 Å². The van der Waals surface area contributed by atoms with Gasteiger partial charge in [0.25, 0.3) is 5.91 Å². The fraction of sp³-hybridized carbons (Fsp3) is 0.0769. The normalized spacial score (nSPS) is 10.1. The number of aromatic nitrogens is 1. The van der Waals surface area contributed by atoms with Crippen molar-refractivity contribution in [1.29, 1.82) is 0 Å². The van der Waals surface area contributed by atoms with Crippen molar-refractivity contribution in [3.63, 3.8) is 0 Å². The van der Waals surface area contributed by atoms with E-state index in [4.69, 9.17) is 17.3 Å². The van der Waals surface area contributed by atoms with E-state index in [1.54, 1.807) is 36.5 Å². The van der Waals surface area contributed by atoms with E-state index in [2.05, 4.69) is 10.3 Å². The minimum Gasteiger partial charge on any atom is -0.396 e. The summed E-state index contributed by atoms with van der Waals surface area (Å²) in [5.74, 6) is 0.103. The highest BCUT2D eigenvalue weighted by Gasteiger charge is 2.11. The maximum absolute atomic E-state index is 12.0. The molecule has 18 heavy (non-hydrogen) atoms. The summed E-state index contributed by atoms with van der Waals surface area (Å²) in [7, 11) is 0. The third-order valence-electron chi connectivity index (χ3n) is 2.50. The van der Waals surface area contributed by atoms with Crippen LogP contribution in [0.15, 0.2) is 36.5 Å². The maximum atomic E-state index is 12.0. The van der Waals surface area contributed by atoms with Crippen molar-refractivity contribution in [2.75, 3.05) is 11.1 Å². The molecule has 2 rings (SSSR count). The van der Waals surface area contributed by atoms with Gasteiger partial charge in [0, 0.05) is 16.8 Å². The van der Waals surface area contributed by atoms with Crippen LogP contribution in [0.3, 0.4) is 0 Å². The maximum Gasteiger partial charge on any atom is 0.257 e. The number of nitrogens with two attached hydrogens (primary N) is 1. The summed E-state index contributed by atoms with van der Waals surface area (Å²) in [6, 6.07) is 8.46. The molecule has 1 amide bonds. The number of pyridine rings is 1. The number of aryl methyl sites for hydroxylation is 1. The van der Waals surface area contributed by atoms with E-state index in [0.29, 0.717) is 22.1 Å². The first-order chi connectivity index (χ1) is 8.58. The molecule has 0 atom stereocenters. The molecule has 1 heterocycles. The van der Waals surface area contributed by atoms with Gasteiger partial charge in [0.2, 0.25) is 0 Å². The molecule has 92 valence electrons. The van der Waals surface area contributed by atoms with Gasteiger partial charge in [-0.05, 0) is 42.8 Å². The zero-order chi connectivity index (χ0) is 13.1. The molecule has 1 aromatic carbocycles. The van der Waals surface area contributed by atoms with Gasteiger partial charge in [-0.2, -0.15) is 0 Å². The molecule has 0 saturated heterocycles. The van der Waals surface area contributed by atoms with Crippen LogP contribution in [0, 0.1) is 6.92 Å². The Morgan fingerprint density at radius 3 is 2.83 bits per heavy atom. The molecule has 0 unspecified atom stereocenters. The largest absolute Gasteiger partial charge is 0.396 e. The van der Waals surface area contributed by atoms with E-state index in [0.717, 1.165) is 5.56 Å². The van der Waals surface area contributed by atoms with Crippen LogP contribution in [0.25, 0.3) is 0 Å². The van der Waals surface area contributed by atoms with Gasteiger partial charge < -0.3 is 11.1 Å². The van der Waals surface area contributed by atoms with Crippen LogP contribution in [-0.4, -0.2) is 10.9 Å². The van der Waals surface area contributed by atoms with Crippen LogP contribution < -0.4 is 11.1 Å². The summed E-state index contributed by atoms with van der Waals surface area (Å²) in [6.07, 6.45) is 1.57. The molecule has 0 saturated carbocycles. The second kappa shape index (κ2) is 5.06. The number of halogens is 1. The molecule has 2 aromatic rings. The molecule has 0 aliphatic rings. The standard InChI is InChI=1S/C13H12ClN3O/c1-8-7-9(14)4-5-10(8)13(18)17-12-11(15)3-2-6-16-12/h2-7H,15H2,1H3,(H,16,17,18). The molecule has 3 N–H and O–H groups in total. The molecular weight excluding hydrogens is 250 g/mol. The van der Waals surface area contributed by atoms with Crippen molar-refractivity contribution >= 4 is 29.0 Å². The summed E-state index contributed by atoms with van der Waals surface area (Å²) in [4.78, 5) is 16.1. The first-order valence-corrected chi connectivity index (χ1v) is 5.73. The average Bonchev–Trinajstić information content (AvgIpc) is 2.32. The Labute approximate surface area is 110 Å². The Balaban J connectivity index is 2.25. The number of hydrogen-bond acceptors (Lipinski definition) is 3. The smallest absolute Gasteiger partial charge is 0.257 e. The first kappa shape index (κ1) is 12.4. The second-order valence-corrected chi connectivity index (χ2v) is 4.29. The van der Waals surface area contributed by atoms with Crippen LogP contribution in [-0.2, 0) is 0 Å². The van der Waals surface area contributed by atoms with E-state index >= 15 is 0 Å². The number of nitrogen functional groups attached to an aromatic ring is 1. The summed E-state index contributed by atoms with van der Waals surface area (Å²) in [5.41, 5.74) is 7.49. The lowest BCUT2D eigenvalue weighted by atomic mass is 10.1. The van der Waals surface area contributed by atoms with Crippen LogP contribution in [0.1, 0.15) is 15.9 Å². The molecule has 0 aliphatic heterocycles. The number of anilines is 2. The Hall–Kier alpha value is -2.07. The fourth-order valence-electron chi connectivity index (χ4n) is 1.58. The van der Waals surface area contributed by atoms with Crippen LogP contribution >= 0.6 is 11.6 Å². The molecule has 0 fully saturated rings. The molecule has 0 radical (unpaired) electrons. The lowest BCUT2D eigenvalue weighted by Gasteiger charge is -2.08. The van der Waals surface area contributed by atoms with E-state index in [1.807, 2.05) is 6.92 Å². The lowest BCUT2D eigenvalue weighted by molar-refractivity contribution is 0.102. The first-order valence-electron chi connectivity index (χ1n) is 5.36. The molecule has 0 bridgehead atoms. The van der Waals surface area contributed by atoms with Gasteiger partial charge in [-0.3, -0.25) is 4.79 Å². The average molecular weight is 262 g/mol. The van der Waals surface area contributed by atoms with Crippen molar-refractivity contribution in [2.24, 2.45) is 0 Å². The molecule has 1 aromatic heterocycles. The monoisotopic (exact) mass is 261 g/mol. The zero-order valence-corrected chi connectivity index (χ0v) is 10.5. The fourth-order valence-corrected chi connectivity index (χ4v) is 1.81. The summed E-state index contributed by atoms with van der Waals surface area (Å²) in [6.45, 7) is 1.82. The van der Waals surface area contributed by atoms with Crippen LogP contribution in [0.4, 0.5) is 11.5 Å². The number of benzene rings is 1. The van der Waals surface area contributed by atoms with Gasteiger partial charge in [-0.15, -0.1) is 0 Å². The van der Waals surface area contributed by atoms with Gasteiger partial charge in [0.1, 0.15) is 0 Å². The zero-order valence-electron chi connectivity index (χ0n) is 9.77. The second-order valence-electron chi connectivity index (χ2n) is 3.85.